The predicted molar refractivity (Wildman–Crippen MR) is 63.8 cm³/mol. The summed E-state index contributed by atoms with van der Waals surface area (Å²) in [5, 5.41) is 0. The van der Waals surface area contributed by atoms with Crippen molar-refractivity contribution < 1.29 is 17.1 Å². The number of ether oxygens (including phenoxy) is 1. The van der Waals surface area contributed by atoms with Gasteiger partial charge in [0.25, 0.3) is 0 Å². The van der Waals surface area contributed by atoms with Crippen LogP contribution in [0.1, 0.15) is 38.5 Å². The molecule has 0 spiro atoms. The van der Waals surface area contributed by atoms with Crippen LogP contribution in [0.15, 0.2) is 16.6 Å². The van der Waals surface area contributed by atoms with Crippen molar-refractivity contribution in [2.24, 2.45) is 0 Å². The van der Waals surface area contributed by atoms with Crippen molar-refractivity contribution >= 4 is 21.6 Å². The third-order valence-electron chi connectivity index (χ3n) is 1.72. The smallest absolute Gasteiger partial charge is 0.124 e. The number of halogens is 1. The summed E-state index contributed by atoms with van der Waals surface area (Å²) in [7, 11) is 1.18. The number of nitrogens with two attached hydrogens (primary N) is 1. The molecule has 0 heterocycles. The molecule has 0 saturated carbocycles. The average molecular weight is 267 g/mol. The van der Waals surface area contributed by atoms with Gasteiger partial charge in [0, 0.05) is 34.1 Å². The van der Waals surface area contributed by atoms with Crippen LogP contribution in [0.25, 0.3) is 0 Å². The molecule has 0 aliphatic heterocycles. The molecule has 0 amide bonds. The molecule has 2 nitrogen and oxygen atoms in total. The molecular formula is C11H16BrNO. The van der Waals surface area contributed by atoms with Gasteiger partial charge in [0.15, 0.2) is 0 Å². The Hall–Kier alpha value is -0.700. The first kappa shape index (κ1) is 4.05. The fourth-order valence-electron chi connectivity index (χ4n) is 1.03. The number of benzene rings is 1. The van der Waals surface area contributed by atoms with E-state index in [1.54, 1.807) is 0 Å². The van der Waals surface area contributed by atoms with E-state index in [0.29, 0.717) is 0 Å². The molecule has 0 aliphatic carbocycles. The highest BCUT2D eigenvalue weighted by Crippen LogP contribution is 2.36. The normalized spacial score (nSPS) is 23.7. The van der Waals surface area contributed by atoms with Crippen molar-refractivity contribution in [3.05, 3.63) is 22.2 Å². The summed E-state index contributed by atoms with van der Waals surface area (Å²) in [6.45, 7) is -10.1. The summed E-state index contributed by atoms with van der Waals surface area (Å²) in [4.78, 5) is 0. The number of nitrogen functional groups attached to an aromatic ring is 1. The van der Waals surface area contributed by atoms with Gasteiger partial charge < -0.3 is 10.5 Å². The van der Waals surface area contributed by atoms with E-state index >= 15 is 0 Å². The van der Waals surface area contributed by atoms with Crippen LogP contribution in [0.4, 0.5) is 5.69 Å². The molecule has 78 valence electrons. The quantitative estimate of drug-likeness (QED) is 0.792. The molecule has 14 heavy (non-hydrogen) atoms. The summed E-state index contributed by atoms with van der Waals surface area (Å²) >= 11 is 3.07. The first-order valence-corrected chi connectivity index (χ1v) is 4.54. The molecule has 0 aliphatic rings. The molecule has 0 saturated heterocycles. The second kappa shape index (κ2) is 3.81. The fourth-order valence-corrected chi connectivity index (χ4v) is 1.37. The predicted octanol–water partition coefficient (Wildman–Crippen LogP) is 3.34. The van der Waals surface area contributed by atoms with Gasteiger partial charge in [0.05, 0.1) is 7.11 Å². The number of anilines is 1. The number of hydrogen-bond donors (Lipinski definition) is 1. The van der Waals surface area contributed by atoms with Crippen LogP contribution in [0.2, 0.25) is 0 Å². The first-order chi connectivity index (χ1) is 10.1. The average Bonchev–Trinajstić information content (AvgIpc) is 2.28. The lowest BCUT2D eigenvalue weighted by Crippen LogP contribution is -2.13. The minimum atomic E-state index is -3.35. The number of hydrogen-bond acceptors (Lipinski definition) is 2. The lowest BCUT2D eigenvalue weighted by atomic mass is 9.86. The van der Waals surface area contributed by atoms with Gasteiger partial charge in [-0.1, -0.05) is 20.6 Å². The van der Waals surface area contributed by atoms with E-state index in [4.69, 9.17) is 22.8 Å². The monoisotopic (exact) mass is 266 g/mol. The topological polar surface area (TPSA) is 35.2 Å². The van der Waals surface area contributed by atoms with E-state index in [-0.39, 0.29) is 15.9 Å². The molecule has 2 N–H and O–H groups in total. The van der Waals surface area contributed by atoms with E-state index < -0.39 is 31.5 Å². The Morgan fingerprint density at radius 1 is 1.43 bits per heavy atom. The Labute approximate surface area is 106 Å². The number of rotatable bonds is 1. The molecule has 0 bridgehead atoms. The number of methoxy groups -OCH3 is 1. The minimum Gasteiger partial charge on any atom is -0.496 e. The zero-order valence-corrected chi connectivity index (χ0v) is 9.10. The Morgan fingerprint density at radius 3 is 2.57 bits per heavy atom. The van der Waals surface area contributed by atoms with Crippen LogP contribution < -0.4 is 10.5 Å². The highest BCUT2D eigenvalue weighted by Gasteiger charge is 2.19. The molecule has 0 radical (unpaired) electrons. The van der Waals surface area contributed by atoms with Crippen molar-refractivity contribution in [3.63, 3.8) is 0 Å². The van der Waals surface area contributed by atoms with Crippen molar-refractivity contribution in [2.75, 3.05) is 12.8 Å². The Kier molecular flexibility index (Phi) is 1.10. The molecular weight excluding hydrogens is 242 g/mol. The maximum atomic E-state index is 7.69. The lowest BCUT2D eigenvalue weighted by molar-refractivity contribution is 0.397. The molecule has 1 rings (SSSR count). The Morgan fingerprint density at radius 2 is 2.07 bits per heavy atom. The van der Waals surface area contributed by atoms with Crippen LogP contribution in [0, 0.1) is 0 Å². The van der Waals surface area contributed by atoms with Crippen LogP contribution in [0.5, 0.6) is 5.75 Å². The summed E-state index contributed by atoms with van der Waals surface area (Å²) in [5.74, 6) is -0.214. The zero-order valence-electron chi connectivity index (χ0n) is 16.5. The first-order valence-electron chi connectivity index (χ1n) is 8.24. The second-order valence-corrected chi connectivity index (χ2v) is 3.68. The van der Waals surface area contributed by atoms with Crippen molar-refractivity contribution in [3.8, 4) is 5.75 Å². The van der Waals surface area contributed by atoms with E-state index in [2.05, 4.69) is 15.9 Å². The van der Waals surface area contributed by atoms with Crippen molar-refractivity contribution in [1.29, 1.82) is 0 Å². The maximum absolute atomic E-state index is 7.69. The molecule has 1 aromatic carbocycles. The summed E-state index contributed by atoms with van der Waals surface area (Å²) in [6.07, 6.45) is 0. The molecule has 1 aromatic rings. The van der Waals surface area contributed by atoms with Gasteiger partial charge in [0.2, 0.25) is 0 Å². The third-order valence-corrected chi connectivity index (χ3v) is 2.41. The van der Waals surface area contributed by atoms with Crippen molar-refractivity contribution in [1.82, 2.24) is 0 Å². The molecule has 0 unspecified atom stereocenters. The van der Waals surface area contributed by atoms with Crippen LogP contribution in [0.3, 0.4) is 0 Å². The van der Waals surface area contributed by atoms with Gasteiger partial charge in [-0.25, -0.2) is 0 Å². The zero-order chi connectivity index (χ0) is 18.4. The van der Waals surface area contributed by atoms with Gasteiger partial charge in [-0.2, -0.15) is 0 Å². The lowest BCUT2D eigenvalue weighted by Gasteiger charge is -2.22. The molecule has 3 heteroatoms. The fraction of sp³-hybridized carbons (Fsp3) is 0.455. The SMILES string of the molecule is [2H]C([2H])([2H])C(c1cc(Br)c(N)cc1OC)(C([2H])([2H])[2H])C([2H])([2H])[2H]. The largest absolute Gasteiger partial charge is 0.496 e. The summed E-state index contributed by atoms with van der Waals surface area (Å²) < 4.78 is 74.4. The standard InChI is InChI=1S/C11H16BrNO/c1-11(2,3)7-5-8(12)9(13)6-10(7)14-4/h5-6H,13H2,1-4H3/i1D3,2D3,3D3. The van der Waals surface area contributed by atoms with E-state index in [0.717, 1.165) is 6.07 Å². The van der Waals surface area contributed by atoms with Crippen LogP contribution in [-0.4, -0.2) is 7.11 Å². The van der Waals surface area contributed by atoms with E-state index in [9.17, 15) is 0 Å². The van der Waals surface area contributed by atoms with Gasteiger partial charge in [0.1, 0.15) is 5.75 Å². The van der Waals surface area contributed by atoms with Gasteiger partial charge in [-0.15, -0.1) is 0 Å². The molecule has 0 fully saturated rings. The Balaban J connectivity index is 4.06. The third kappa shape index (κ3) is 2.21. The molecule has 0 atom stereocenters. The summed E-state index contributed by atoms with van der Waals surface area (Å²) in [6, 6.07) is 2.27. The van der Waals surface area contributed by atoms with Gasteiger partial charge >= 0.3 is 0 Å². The molecule has 0 aromatic heterocycles. The highest BCUT2D eigenvalue weighted by atomic mass is 79.9. The second-order valence-electron chi connectivity index (χ2n) is 2.82. The van der Waals surface area contributed by atoms with Crippen molar-refractivity contribution in [2.45, 2.75) is 26.0 Å². The van der Waals surface area contributed by atoms with Crippen LogP contribution >= 0.6 is 15.9 Å². The van der Waals surface area contributed by atoms with E-state index in [1.165, 1.54) is 13.2 Å². The maximum Gasteiger partial charge on any atom is 0.124 e. The van der Waals surface area contributed by atoms with E-state index in [1.807, 2.05) is 0 Å². The van der Waals surface area contributed by atoms with Gasteiger partial charge in [-0.3, -0.25) is 0 Å². The summed E-state index contributed by atoms with van der Waals surface area (Å²) in [5.41, 5.74) is 2.24. The van der Waals surface area contributed by atoms with Gasteiger partial charge in [-0.05, 0) is 27.4 Å². The Bertz CT molecular complexity index is 555. The highest BCUT2D eigenvalue weighted by molar-refractivity contribution is 9.10. The minimum absolute atomic E-state index is 0.154. The van der Waals surface area contributed by atoms with Crippen LogP contribution in [-0.2, 0) is 5.41 Å².